The number of Topliss-reactive ketones (excluding diaryl/α,β-unsaturated/α-hetero) is 1. The second-order valence-electron chi connectivity index (χ2n) is 7.71. The van der Waals surface area contributed by atoms with Crippen LogP contribution in [-0.2, 0) is 19.1 Å². The number of ketones is 1. The molecule has 0 aromatic carbocycles. The summed E-state index contributed by atoms with van der Waals surface area (Å²) in [6.45, 7) is 18.0. The van der Waals surface area contributed by atoms with Crippen LogP contribution in [0.5, 0.6) is 0 Å². The van der Waals surface area contributed by atoms with E-state index in [-0.39, 0.29) is 18.1 Å². The number of hydrogen-bond donors (Lipinski definition) is 1. The molecule has 0 aliphatic carbocycles. The van der Waals surface area contributed by atoms with Crippen LogP contribution in [0.1, 0.15) is 82.1 Å². The maximum atomic E-state index is 12.3. The minimum absolute atomic E-state index is 0.0978. The lowest BCUT2D eigenvalue weighted by molar-refractivity contribution is -0.158. The van der Waals surface area contributed by atoms with Crippen LogP contribution in [0.2, 0.25) is 0 Å². The topological polar surface area (TPSA) is 81.7 Å². The first kappa shape index (κ1) is 25.6. The summed E-state index contributed by atoms with van der Waals surface area (Å²) in [5.41, 5.74) is -1.40. The van der Waals surface area contributed by atoms with Crippen molar-refractivity contribution in [1.82, 2.24) is 5.32 Å². The van der Waals surface area contributed by atoms with Crippen molar-refractivity contribution in [3.63, 3.8) is 0 Å². The number of alkyl carbamates (subject to hydrolysis) is 1. The van der Waals surface area contributed by atoms with E-state index in [2.05, 4.69) is 5.32 Å². The number of ether oxygens (including phenoxy) is 2. The Kier molecular flexibility index (Phi) is 11.4. The number of amides is 1. The highest BCUT2D eigenvalue weighted by Gasteiger charge is 2.31. The number of carbonyl (C=O) groups is 3. The number of hydrogen-bond acceptors (Lipinski definition) is 5. The first-order valence-electron chi connectivity index (χ1n) is 9.00. The minimum atomic E-state index is -1.05. The highest BCUT2D eigenvalue weighted by molar-refractivity contribution is 5.90. The van der Waals surface area contributed by atoms with Gasteiger partial charge >= 0.3 is 12.1 Å². The van der Waals surface area contributed by atoms with Gasteiger partial charge in [-0.3, -0.25) is 4.79 Å². The number of carbonyl (C=O) groups excluding carboxylic acids is 3. The fraction of sp³-hybridized carbons (Fsp3) is 0.842. The summed E-state index contributed by atoms with van der Waals surface area (Å²) in [5.74, 6) is -0.917. The summed E-state index contributed by atoms with van der Waals surface area (Å²) in [6.07, 6.45) is -0.180. The van der Waals surface area contributed by atoms with Crippen LogP contribution in [0.15, 0.2) is 0 Å². The standard InChI is InChI=1S/C17H31NO5.C2H6/c1-9-11(2)13(19)10-12(14(20)22-16(3,4)5)18-15(21)23-17(6,7)8;1-2/h11-12H,9-10H2,1-8H3,(H,18,21);1-2H3. The quantitative estimate of drug-likeness (QED) is 0.717. The van der Waals surface area contributed by atoms with Crippen molar-refractivity contribution in [2.24, 2.45) is 5.92 Å². The third kappa shape index (κ3) is 13.4. The maximum Gasteiger partial charge on any atom is 0.408 e. The minimum Gasteiger partial charge on any atom is -0.458 e. The number of nitrogens with one attached hydrogen (secondary N) is 1. The van der Waals surface area contributed by atoms with Crippen molar-refractivity contribution in [3.05, 3.63) is 0 Å². The molecule has 1 amide bonds. The van der Waals surface area contributed by atoms with E-state index in [0.717, 1.165) is 0 Å². The van der Waals surface area contributed by atoms with Gasteiger partial charge in [0.2, 0.25) is 0 Å². The van der Waals surface area contributed by atoms with Crippen molar-refractivity contribution < 1.29 is 23.9 Å². The molecule has 0 spiro atoms. The Morgan fingerprint density at radius 2 is 1.36 bits per heavy atom. The average molecular weight is 360 g/mol. The zero-order valence-electron chi connectivity index (χ0n) is 17.6. The van der Waals surface area contributed by atoms with Gasteiger partial charge < -0.3 is 14.8 Å². The molecule has 0 aliphatic rings. The van der Waals surface area contributed by atoms with Crippen LogP contribution < -0.4 is 5.32 Å². The molecule has 0 saturated heterocycles. The van der Waals surface area contributed by atoms with Crippen LogP contribution in [0, 0.1) is 5.92 Å². The van der Waals surface area contributed by atoms with Crippen LogP contribution in [0.4, 0.5) is 4.79 Å². The molecule has 1 N–H and O–H groups in total. The lowest BCUT2D eigenvalue weighted by atomic mass is 9.97. The molecule has 0 aliphatic heterocycles. The van der Waals surface area contributed by atoms with Crippen molar-refractivity contribution >= 4 is 17.8 Å². The molecule has 6 nitrogen and oxygen atoms in total. The van der Waals surface area contributed by atoms with Gasteiger partial charge in [0.15, 0.2) is 0 Å². The zero-order chi connectivity index (χ0) is 20.4. The lowest BCUT2D eigenvalue weighted by Gasteiger charge is -2.26. The third-order valence-corrected chi connectivity index (χ3v) is 2.95. The predicted octanol–water partition coefficient (Wildman–Crippen LogP) is 4.25. The second-order valence-corrected chi connectivity index (χ2v) is 7.71. The van der Waals surface area contributed by atoms with Gasteiger partial charge in [0, 0.05) is 12.3 Å². The normalized spacial score (nSPS) is 13.7. The summed E-state index contributed by atoms with van der Waals surface area (Å²) >= 11 is 0. The summed E-state index contributed by atoms with van der Waals surface area (Å²) in [5, 5.41) is 2.45. The molecule has 0 rings (SSSR count). The zero-order valence-corrected chi connectivity index (χ0v) is 17.6. The average Bonchev–Trinajstić information content (AvgIpc) is 2.43. The molecule has 0 heterocycles. The van der Waals surface area contributed by atoms with Crippen LogP contribution >= 0.6 is 0 Å². The highest BCUT2D eigenvalue weighted by atomic mass is 16.6. The largest absolute Gasteiger partial charge is 0.458 e. The Labute approximate surface area is 153 Å². The fourth-order valence-electron chi connectivity index (χ4n) is 1.65. The van der Waals surface area contributed by atoms with Crippen molar-refractivity contribution in [3.8, 4) is 0 Å². The van der Waals surface area contributed by atoms with E-state index in [1.165, 1.54) is 0 Å². The van der Waals surface area contributed by atoms with Crippen LogP contribution in [-0.4, -0.2) is 35.1 Å². The lowest BCUT2D eigenvalue weighted by Crippen LogP contribution is -2.47. The molecule has 0 fully saturated rings. The van der Waals surface area contributed by atoms with Crippen molar-refractivity contribution in [1.29, 1.82) is 0 Å². The van der Waals surface area contributed by atoms with Crippen molar-refractivity contribution in [2.75, 3.05) is 0 Å². The van der Waals surface area contributed by atoms with Gasteiger partial charge in [-0.15, -0.1) is 0 Å². The first-order chi connectivity index (χ1) is 11.2. The van der Waals surface area contributed by atoms with E-state index in [1.54, 1.807) is 48.5 Å². The molecular formula is C19H37NO5. The molecule has 25 heavy (non-hydrogen) atoms. The second kappa shape index (κ2) is 11.1. The molecule has 2 atom stereocenters. The van der Waals surface area contributed by atoms with Crippen molar-refractivity contribution in [2.45, 2.75) is 99.3 Å². The molecule has 0 aromatic heterocycles. The highest BCUT2D eigenvalue weighted by Crippen LogP contribution is 2.14. The van der Waals surface area contributed by atoms with Crippen LogP contribution in [0.3, 0.4) is 0 Å². The summed E-state index contributed by atoms with van der Waals surface area (Å²) < 4.78 is 10.4. The first-order valence-corrected chi connectivity index (χ1v) is 9.00. The molecule has 6 heteroatoms. The van der Waals surface area contributed by atoms with E-state index in [1.807, 2.05) is 20.8 Å². The van der Waals surface area contributed by atoms with Crippen LogP contribution in [0.25, 0.3) is 0 Å². The van der Waals surface area contributed by atoms with Gasteiger partial charge in [-0.05, 0) is 48.0 Å². The Balaban J connectivity index is 0. The van der Waals surface area contributed by atoms with Gasteiger partial charge in [-0.25, -0.2) is 9.59 Å². The third-order valence-electron chi connectivity index (χ3n) is 2.95. The Bertz CT molecular complexity index is 432. The Morgan fingerprint density at radius 3 is 1.72 bits per heavy atom. The fourth-order valence-corrected chi connectivity index (χ4v) is 1.65. The van der Waals surface area contributed by atoms with E-state index >= 15 is 0 Å². The van der Waals surface area contributed by atoms with E-state index in [4.69, 9.17) is 9.47 Å². The summed E-state index contributed by atoms with van der Waals surface area (Å²) in [6, 6.07) is -1.05. The molecule has 0 aromatic rings. The van der Waals surface area contributed by atoms with Gasteiger partial charge in [0.1, 0.15) is 23.0 Å². The Morgan fingerprint density at radius 1 is 0.920 bits per heavy atom. The molecule has 148 valence electrons. The Hall–Kier alpha value is -1.59. The van der Waals surface area contributed by atoms with E-state index < -0.39 is 29.3 Å². The predicted molar refractivity (Wildman–Crippen MR) is 99.4 cm³/mol. The van der Waals surface area contributed by atoms with Gasteiger partial charge in [0.25, 0.3) is 0 Å². The van der Waals surface area contributed by atoms with Gasteiger partial charge in [0.05, 0.1) is 0 Å². The molecular weight excluding hydrogens is 322 g/mol. The van der Waals surface area contributed by atoms with Gasteiger partial charge in [-0.2, -0.15) is 0 Å². The molecule has 2 unspecified atom stereocenters. The SMILES string of the molecule is CC.CCC(C)C(=O)CC(NC(=O)OC(C)(C)C)C(=O)OC(C)(C)C. The number of esters is 1. The molecule has 0 radical (unpaired) electrons. The monoisotopic (exact) mass is 359 g/mol. The summed E-state index contributed by atoms with van der Waals surface area (Å²) in [4.78, 5) is 36.3. The van der Waals surface area contributed by atoms with E-state index in [9.17, 15) is 14.4 Å². The smallest absolute Gasteiger partial charge is 0.408 e. The van der Waals surface area contributed by atoms with Gasteiger partial charge in [-0.1, -0.05) is 27.7 Å². The molecule has 0 bridgehead atoms. The number of rotatable bonds is 6. The molecule has 0 saturated carbocycles. The van der Waals surface area contributed by atoms with E-state index in [0.29, 0.717) is 6.42 Å². The maximum absolute atomic E-state index is 12.3. The summed E-state index contributed by atoms with van der Waals surface area (Å²) in [7, 11) is 0.